The number of morpholine rings is 1. The van der Waals surface area contributed by atoms with Crippen LogP contribution >= 0.6 is 0 Å². The summed E-state index contributed by atoms with van der Waals surface area (Å²) in [6.45, 7) is 5.14. The van der Waals surface area contributed by atoms with Crippen LogP contribution in [0.3, 0.4) is 0 Å². The van der Waals surface area contributed by atoms with Crippen LogP contribution in [0.15, 0.2) is 58.3 Å². The van der Waals surface area contributed by atoms with Gasteiger partial charge in [-0.1, -0.05) is 35.5 Å². The van der Waals surface area contributed by atoms with Gasteiger partial charge in [0.25, 0.3) is 5.91 Å². The summed E-state index contributed by atoms with van der Waals surface area (Å²) in [5.41, 5.74) is 11.3. The summed E-state index contributed by atoms with van der Waals surface area (Å²) in [5.74, 6) is 0.609. The van der Waals surface area contributed by atoms with Gasteiger partial charge in [0.1, 0.15) is 12.3 Å². The number of aromatic nitrogens is 5. The highest BCUT2D eigenvalue weighted by molar-refractivity contribution is 6.01. The molecule has 0 unspecified atom stereocenters. The fourth-order valence-corrected chi connectivity index (χ4v) is 4.10. The van der Waals surface area contributed by atoms with Crippen molar-refractivity contribution < 1.29 is 23.6 Å². The highest BCUT2D eigenvalue weighted by atomic mass is 16.6. The lowest BCUT2D eigenvalue weighted by molar-refractivity contribution is 0.0335. The van der Waals surface area contributed by atoms with E-state index in [0.29, 0.717) is 62.4 Å². The minimum Gasteiger partial charge on any atom is -0.493 e. The first-order chi connectivity index (χ1) is 19.5. The van der Waals surface area contributed by atoms with Gasteiger partial charge in [0.2, 0.25) is 11.6 Å². The van der Waals surface area contributed by atoms with Crippen molar-refractivity contribution in [1.82, 2.24) is 35.6 Å². The Balaban J connectivity index is 1.34. The number of carbonyl (C=O) groups excluding carboxylic acids is 1. The van der Waals surface area contributed by atoms with Crippen LogP contribution in [0.4, 0.5) is 5.82 Å². The molecule has 1 fully saturated rings. The van der Waals surface area contributed by atoms with Gasteiger partial charge >= 0.3 is 0 Å². The van der Waals surface area contributed by atoms with Gasteiger partial charge in [0.15, 0.2) is 17.2 Å². The first kappa shape index (κ1) is 26.8. The Hall–Kier alpha value is -4.82. The van der Waals surface area contributed by atoms with E-state index in [2.05, 4.69) is 36.1 Å². The molecule has 1 saturated heterocycles. The highest BCUT2D eigenvalue weighted by Crippen LogP contribution is 2.29. The van der Waals surface area contributed by atoms with Gasteiger partial charge in [-0.25, -0.2) is 10.1 Å². The lowest BCUT2D eigenvalue weighted by Gasteiger charge is -2.25. The smallest absolute Gasteiger partial charge is 0.292 e. The molecule has 2 aromatic carbocycles. The van der Waals surface area contributed by atoms with E-state index in [4.69, 9.17) is 24.6 Å². The number of rotatable bonds is 10. The Kier molecular flexibility index (Phi) is 8.27. The van der Waals surface area contributed by atoms with Crippen molar-refractivity contribution >= 4 is 17.4 Å². The number of nitrogens with zero attached hydrogens (tertiary/aromatic N) is 7. The number of methoxy groups -OCH3 is 1. The van der Waals surface area contributed by atoms with Crippen molar-refractivity contribution in [3.05, 3.63) is 71.0 Å². The maximum Gasteiger partial charge on any atom is 0.292 e. The molecule has 14 nitrogen and oxygen atoms in total. The van der Waals surface area contributed by atoms with E-state index in [1.165, 1.54) is 4.68 Å². The Bertz CT molecular complexity index is 1480. The highest BCUT2D eigenvalue weighted by Gasteiger charge is 2.27. The Morgan fingerprint density at radius 3 is 2.65 bits per heavy atom. The van der Waals surface area contributed by atoms with E-state index >= 15 is 0 Å². The molecule has 2 aromatic heterocycles. The van der Waals surface area contributed by atoms with Crippen molar-refractivity contribution in [2.75, 3.05) is 39.1 Å². The third kappa shape index (κ3) is 6.08. The lowest BCUT2D eigenvalue weighted by Crippen LogP contribution is -2.36. The van der Waals surface area contributed by atoms with Crippen LogP contribution in [-0.4, -0.2) is 75.2 Å². The monoisotopic (exact) mass is 547 g/mol. The molecule has 0 radical (unpaired) electrons. The number of hydrogen-bond donors (Lipinski definition) is 2. The first-order valence-corrected chi connectivity index (χ1v) is 12.6. The Morgan fingerprint density at radius 1 is 1.12 bits per heavy atom. The molecule has 0 bridgehead atoms. The molecule has 4 aromatic rings. The van der Waals surface area contributed by atoms with E-state index in [1.54, 1.807) is 26.2 Å². The fraction of sp³-hybridized carbons (Fsp3) is 0.308. The van der Waals surface area contributed by atoms with Crippen LogP contribution in [0.25, 0.3) is 5.82 Å². The fourth-order valence-electron chi connectivity index (χ4n) is 4.10. The first-order valence-electron chi connectivity index (χ1n) is 12.6. The van der Waals surface area contributed by atoms with E-state index in [9.17, 15) is 4.79 Å². The number of hydrazone groups is 1. The summed E-state index contributed by atoms with van der Waals surface area (Å²) in [6.07, 6.45) is 0. The third-order valence-electron chi connectivity index (χ3n) is 6.27. The maximum atomic E-state index is 13.4. The van der Waals surface area contributed by atoms with Crippen LogP contribution in [0.2, 0.25) is 0 Å². The number of carbonyl (C=O) groups is 1. The quantitative estimate of drug-likeness (QED) is 0.219. The zero-order chi connectivity index (χ0) is 27.9. The molecule has 0 aliphatic carbocycles. The summed E-state index contributed by atoms with van der Waals surface area (Å²) in [7, 11) is 1.57. The van der Waals surface area contributed by atoms with Gasteiger partial charge in [0.05, 0.1) is 26.0 Å². The normalized spacial score (nSPS) is 14.2. The summed E-state index contributed by atoms with van der Waals surface area (Å²) in [5, 5.41) is 20.0. The SMILES string of the molecule is COc1cc(/C(C)=N\NC(=O)c2c(CN3CCOCC3)nnn2-c2nonc2N)ccc1OCc1ccccc1. The van der Waals surface area contributed by atoms with Crippen molar-refractivity contribution in [2.45, 2.75) is 20.1 Å². The topological polar surface area (TPSA) is 168 Å². The van der Waals surface area contributed by atoms with Gasteiger partial charge in [-0.3, -0.25) is 9.69 Å². The standard InChI is InChI=1S/C26H29N9O5/c1-17(19-8-9-21(22(14-19)37-2)39-16-18-6-4-3-5-7-18)28-30-26(36)23-20(15-34-10-12-38-13-11-34)29-33-35(23)25-24(27)31-40-32-25/h3-9,14H,10-13,15-16H2,1-2H3,(H2,27,31)(H,30,36)/b28-17-. The largest absolute Gasteiger partial charge is 0.493 e. The number of nitrogens with two attached hydrogens (primary N) is 1. The van der Waals surface area contributed by atoms with Gasteiger partial charge in [-0.15, -0.1) is 5.10 Å². The molecule has 1 amide bonds. The number of amides is 1. The second-order valence-corrected chi connectivity index (χ2v) is 8.94. The van der Waals surface area contributed by atoms with Gasteiger partial charge in [0, 0.05) is 25.2 Å². The number of nitrogen functional groups attached to an aromatic ring is 1. The molecule has 14 heteroatoms. The zero-order valence-corrected chi connectivity index (χ0v) is 22.1. The molecule has 1 aliphatic heterocycles. The van der Waals surface area contributed by atoms with Crippen molar-refractivity contribution in [2.24, 2.45) is 5.10 Å². The average molecular weight is 548 g/mol. The van der Waals surface area contributed by atoms with Crippen molar-refractivity contribution in [1.29, 1.82) is 0 Å². The van der Waals surface area contributed by atoms with E-state index in [0.717, 1.165) is 11.1 Å². The number of ether oxygens (including phenoxy) is 3. The van der Waals surface area contributed by atoms with Gasteiger partial charge < -0.3 is 19.9 Å². The maximum absolute atomic E-state index is 13.4. The Morgan fingerprint density at radius 2 is 1.93 bits per heavy atom. The summed E-state index contributed by atoms with van der Waals surface area (Å²) in [6, 6.07) is 15.3. The summed E-state index contributed by atoms with van der Waals surface area (Å²) in [4.78, 5) is 15.5. The van der Waals surface area contributed by atoms with Crippen LogP contribution in [0, 0.1) is 0 Å². The van der Waals surface area contributed by atoms with Crippen LogP contribution in [-0.2, 0) is 17.9 Å². The molecule has 0 atom stereocenters. The minimum absolute atomic E-state index is 0.0294. The lowest BCUT2D eigenvalue weighted by atomic mass is 10.1. The summed E-state index contributed by atoms with van der Waals surface area (Å²) >= 11 is 0. The van der Waals surface area contributed by atoms with Crippen LogP contribution in [0.1, 0.15) is 34.2 Å². The summed E-state index contributed by atoms with van der Waals surface area (Å²) < 4.78 is 22.8. The van der Waals surface area contributed by atoms with Gasteiger partial charge in [-0.05, 0) is 41.0 Å². The van der Waals surface area contributed by atoms with E-state index < -0.39 is 5.91 Å². The number of anilines is 1. The number of hydrogen-bond acceptors (Lipinski definition) is 12. The molecule has 0 spiro atoms. The second-order valence-electron chi connectivity index (χ2n) is 8.94. The predicted octanol–water partition coefficient (Wildman–Crippen LogP) is 1.81. The molecule has 3 heterocycles. The average Bonchev–Trinajstić information content (AvgIpc) is 3.61. The zero-order valence-electron chi connectivity index (χ0n) is 22.1. The number of benzene rings is 2. The predicted molar refractivity (Wildman–Crippen MR) is 143 cm³/mol. The molecule has 0 saturated carbocycles. The van der Waals surface area contributed by atoms with Crippen molar-refractivity contribution in [3.63, 3.8) is 0 Å². The molecule has 5 rings (SSSR count). The third-order valence-corrected chi connectivity index (χ3v) is 6.27. The second kappa shape index (κ2) is 12.4. The molecule has 208 valence electrons. The molecular formula is C26H29N9O5. The van der Waals surface area contributed by atoms with Gasteiger partial charge in [-0.2, -0.15) is 9.78 Å². The minimum atomic E-state index is -0.551. The Labute approximate surface area is 229 Å². The van der Waals surface area contributed by atoms with E-state index in [1.807, 2.05) is 36.4 Å². The molecular weight excluding hydrogens is 518 g/mol. The molecule has 1 aliphatic rings. The van der Waals surface area contributed by atoms with Crippen molar-refractivity contribution in [3.8, 4) is 17.3 Å². The molecule has 40 heavy (non-hydrogen) atoms. The van der Waals surface area contributed by atoms with Crippen LogP contribution < -0.4 is 20.6 Å². The van der Waals surface area contributed by atoms with Crippen LogP contribution in [0.5, 0.6) is 11.5 Å². The number of nitrogens with one attached hydrogen (secondary N) is 1. The van der Waals surface area contributed by atoms with E-state index in [-0.39, 0.29) is 17.3 Å². The molecule has 3 N–H and O–H groups in total.